The number of rotatable bonds is 6. The van der Waals surface area contributed by atoms with Gasteiger partial charge in [-0.05, 0) is 37.3 Å². The van der Waals surface area contributed by atoms with E-state index < -0.39 is 22.9 Å². The lowest BCUT2D eigenvalue weighted by Crippen LogP contribution is -2.30. The molecule has 9 heteroatoms. The second-order valence-electron chi connectivity index (χ2n) is 5.19. The molecule has 136 valence electrons. The Labute approximate surface area is 153 Å². The second-order valence-corrected chi connectivity index (χ2v) is 5.59. The Morgan fingerprint density at radius 1 is 1.19 bits per heavy atom. The molecule has 0 fully saturated rings. The minimum Gasteiger partial charge on any atom is -0.497 e. The SMILES string of the molecule is COc1ccc(C(=O)O[C@@H](C)C(=O)Nc2ccc([N+](=O)[O-])cc2Cl)cc1. The van der Waals surface area contributed by atoms with Gasteiger partial charge < -0.3 is 14.8 Å². The number of ether oxygens (including phenoxy) is 2. The zero-order valence-corrected chi connectivity index (χ0v) is 14.6. The first-order valence-corrected chi connectivity index (χ1v) is 7.79. The average molecular weight is 379 g/mol. The van der Waals surface area contributed by atoms with Crippen molar-refractivity contribution in [2.75, 3.05) is 12.4 Å². The summed E-state index contributed by atoms with van der Waals surface area (Å²) in [4.78, 5) is 34.3. The van der Waals surface area contributed by atoms with E-state index in [1.165, 1.54) is 38.3 Å². The largest absolute Gasteiger partial charge is 0.497 e. The lowest BCUT2D eigenvalue weighted by molar-refractivity contribution is -0.384. The number of amides is 1. The molecule has 1 N–H and O–H groups in total. The Morgan fingerprint density at radius 2 is 1.85 bits per heavy atom. The van der Waals surface area contributed by atoms with E-state index in [-0.39, 0.29) is 22.0 Å². The van der Waals surface area contributed by atoms with E-state index in [4.69, 9.17) is 21.1 Å². The average Bonchev–Trinajstić information content (AvgIpc) is 2.63. The van der Waals surface area contributed by atoms with Crippen molar-refractivity contribution in [3.05, 3.63) is 63.2 Å². The molecule has 0 bridgehead atoms. The highest BCUT2D eigenvalue weighted by Gasteiger charge is 2.20. The van der Waals surface area contributed by atoms with Gasteiger partial charge in [0.2, 0.25) is 0 Å². The van der Waals surface area contributed by atoms with Crippen LogP contribution in [0.15, 0.2) is 42.5 Å². The van der Waals surface area contributed by atoms with Crippen LogP contribution in [0, 0.1) is 10.1 Å². The van der Waals surface area contributed by atoms with Crippen LogP contribution in [0.25, 0.3) is 0 Å². The number of nitro groups is 1. The number of nitrogens with zero attached hydrogens (tertiary/aromatic N) is 1. The summed E-state index contributed by atoms with van der Waals surface area (Å²) in [6.07, 6.45) is -1.10. The molecule has 0 aliphatic carbocycles. The number of carbonyl (C=O) groups excluding carboxylic acids is 2. The van der Waals surface area contributed by atoms with Gasteiger partial charge in [-0.3, -0.25) is 14.9 Å². The second kappa shape index (κ2) is 8.30. The van der Waals surface area contributed by atoms with Gasteiger partial charge in [-0.1, -0.05) is 11.6 Å². The van der Waals surface area contributed by atoms with E-state index in [0.29, 0.717) is 5.75 Å². The maximum Gasteiger partial charge on any atom is 0.338 e. The van der Waals surface area contributed by atoms with Gasteiger partial charge in [-0.2, -0.15) is 0 Å². The van der Waals surface area contributed by atoms with Gasteiger partial charge in [-0.15, -0.1) is 0 Å². The summed E-state index contributed by atoms with van der Waals surface area (Å²) in [5.41, 5.74) is 0.236. The molecule has 0 saturated carbocycles. The van der Waals surface area contributed by atoms with Crippen molar-refractivity contribution in [3.63, 3.8) is 0 Å². The highest BCUT2D eigenvalue weighted by molar-refractivity contribution is 6.34. The molecular formula is C17H15ClN2O6. The first kappa shape index (κ1) is 19.2. The fourth-order valence-electron chi connectivity index (χ4n) is 1.96. The zero-order chi connectivity index (χ0) is 19.3. The summed E-state index contributed by atoms with van der Waals surface area (Å²) in [6.45, 7) is 1.40. The van der Waals surface area contributed by atoms with Crippen LogP contribution in [0.4, 0.5) is 11.4 Å². The van der Waals surface area contributed by atoms with E-state index in [1.807, 2.05) is 0 Å². The molecule has 0 saturated heterocycles. The molecule has 1 atom stereocenters. The van der Waals surface area contributed by atoms with Gasteiger partial charge >= 0.3 is 5.97 Å². The molecule has 0 radical (unpaired) electrons. The monoisotopic (exact) mass is 378 g/mol. The van der Waals surface area contributed by atoms with Crippen molar-refractivity contribution < 1.29 is 24.0 Å². The van der Waals surface area contributed by atoms with Crippen LogP contribution < -0.4 is 10.1 Å². The lowest BCUT2D eigenvalue weighted by Gasteiger charge is -2.14. The lowest BCUT2D eigenvalue weighted by atomic mass is 10.2. The summed E-state index contributed by atoms with van der Waals surface area (Å²) < 4.78 is 10.1. The number of benzene rings is 2. The molecule has 2 rings (SSSR count). The molecule has 1 amide bonds. The van der Waals surface area contributed by atoms with Crippen molar-refractivity contribution in [2.45, 2.75) is 13.0 Å². The quantitative estimate of drug-likeness (QED) is 0.468. The summed E-state index contributed by atoms with van der Waals surface area (Å²) in [5, 5.41) is 13.1. The van der Waals surface area contributed by atoms with Crippen molar-refractivity contribution >= 4 is 34.9 Å². The van der Waals surface area contributed by atoms with Crippen LogP contribution in [0.1, 0.15) is 17.3 Å². The molecule has 8 nitrogen and oxygen atoms in total. The van der Waals surface area contributed by atoms with E-state index in [0.717, 1.165) is 6.07 Å². The first-order chi connectivity index (χ1) is 12.3. The minimum atomic E-state index is -1.10. The van der Waals surface area contributed by atoms with Crippen LogP contribution in [0.3, 0.4) is 0 Å². The highest BCUT2D eigenvalue weighted by atomic mass is 35.5. The third kappa shape index (κ3) is 4.70. The molecule has 0 aromatic heterocycles. The Hall–Kier alpha value is -3.13. The maximum atomic E-state index is 12.1. The molecular weight excluding hydrogens is 364 g/mol. The Kier molecular flexibility index (Phi) is 6.13. The van der Waals surface area contributed by atoms with Gasteiger partial charge in [0.25, 0.3) is 11.6 Å². The smallest absolute Gasteiger partial charge is 0.338 e. The van der Waals surface area contributed by atoms with Crippen LogP contribution in [-0.4, -0.2) is 30.0 Å². The summed E-state index contributed by atoms with van der Waals surface area (Å²) in [5.74, 6) is -0.715. The summed E-state index contributed by atoms with van der Waals surface area (Å²) in [6, 6.07) is 9.84. The number of nitro benzene ring substituents is 1. The van der Waals surface area contributed by atoms with Crippen LogP contribution in [0.2, 0.25) is 5.02 Å². The van der Waals surface area contributed by atoms with Crippen molar-refractivity contribution in [1.29, 1.82) is 0 Å². The number of hydrogen-bond acceptors (Lipinski definition) is 6. The fraction of sp³-hybridized carbons (Fsp3) is 0.176. The van der Waals surface area contributed by atoms with Gasteiger partial charge in [0.1, 0.15) is 5.75 Å². The highest BCUT2D eigenvalue weighted by Crippen LogP contribution is 2.26. The maximum absolute atomic E-state index is 12.1. The van der Waals surface area contributed by atoms with E-state index in [1.54, 1.807) is 12.1 Å². The third-order valence-electron chi connectivity index (χ3n) is 3.40. The van der Waals surface area contributed by atoms with Gasteiger partial charge in [0.15, 0.2) is 6.10 Å². The Morgan fingerprint density at radius 3 is 2.38 bits per heavy atom. The van der Waals surface area contributed by atoms with E-state index >= 15 is 0 Å². The van der Waals surface area contributed by atoms with Gasteiger partial charge in [-0.25, -0.2) is 4.79 Å². The van der Waals surface area contributed by atoms with Gasteiger partial charge in [0, 0.05) is 12.1 Å². The molecule has 0 aliphatic heterocycles. The number of halogens is 1. The summed E-state index contributed by atoms with van der Waals surface area (Å²) >= 11 is 5.91. The topological polar surface area (TPSA) is 108 Å². The van der Waals surface area contributed by atoms with Crippen LogP contribution >= 0.6 is 11.6 Å². The zero-order valence-electron chi connectivity index (χ0n) is 13.9. The van der Waals surface area contributed by atoms with Crippen molar-refractivity contribution in [1.82, 2.24) is 0 Å². The predicted molar refractivity (Wildman–Crippen MR) is 94.6 cm³/mol. The number of nitrogens with one attached hydrogen (secondary N) is 1. The molecule has 0 spiro atoms. The third-order valence-corrected chi connectivity index (χ3v) is 3.71. The number of esters is 1. The number of hydrogen-bond donors (Lipinski definition) is 1. The van der Waals surface area contributed by atoms with Crippen LogP contribution in [-0.2, 0) is 9.53 Å². The molecule has 2 aromatic rings. The van der Waals surface area contributed by atoms with Gasteiger partial charge in [0.05, 0.1) is 28.3 Å². The standard InChI is InChI=1S/C17H15ClN2O6/c1-10(26-17(22)11-3-6-13(25-2)7-4-11)16(21)19-15-8-5-12(20(23)24)9-14(15)18/h3-10H,1-2H3,(H,19,21)/t10-/m0/s1. The normalized spacial score (nSPS) is 11.3. The fourth-order valence-corrected chi connectivity index (χ4v) is 2.18. The number of carbonyl (C=O) groups is 2. The first-order valence-electron chi connectivity index (χ1n) is 7.41. The Balaban J connectivity index is 2.00. The van der Waals surface area contributed by atoms with Crippen molar-refractivity contribution in [3.8, 4) is 5.75 Å². The molecule has 0 aliphatic rings. The number of non-ortho nitro benzene ring substituents is 1. The van der Waals surface area contributed by atoms with Crippen LogP contribution in [0.5, 0.6) is 5.75 Å². The molecule has 2 aromatic carbocycles. The molecule has 0 unspecified atom stereocenters. The Bertz CT molecular complexity index is 838. The predicted octanol–water partition coefficient (Wildman–Crippen LogP) is 3.44. The van der Waals surface area contributed by atoms with Crippen molar-refractivity contribution in [2.24, 2.45) is 0 Å². The molecule has 0 heterocycles. The van der Waals surface area contributed by atoms with E-state index in [9.17, 15) is 19.7 Å². The van der Waals surface area contributed by atoms with E-state index in [2.05, 4.69) is 5.32 Å². The number of anilines is 1. The summed E-state index contributed by atoms with van der Waals surface area (Å²) in [7, 11) is 1.50. The number of methoxy groups -OCH3 is 1. The molecule has 26 heavy (non-hydrogen) atoms. The minimum absolute atomic E-state index is 0.00114.